The standard InChI is InChI=1S/C21H18O6/c1-14(19(24)25)21(20(26)27,12-17(22)15-8-4-2-5-9-15)13-18(23)16-10-6-3-7-11-16/h2-11H,1,12-13H2,(H,24,25)(H,26,27). The van der Waals surface area contributed by atoms with E-state index in [1.165, 1.54) is 24.3 Å². The zero-order valence-electron chi connectivity index (χ0n) is 14.4. The number of rotatable bonds is 9. The molecule has 2 rings (SSSR count). The van der Waals surface area contributed by atoms with Gasteiger partial charge in [0.1, 0.15) is 5.41 Å². The number of carbonyl (C=O) groups excluding carboxylic acids is 2. The van der Waals surface area contributed by atoms with E-state index in [2.05, 4.69) is 6.58 Å². The van der Waals surface area contributed by atoms with Crippen molar-refractivity contribution in [2.75, 3.05) is 0 Å². The average Bonchev–Trinajstić information content (AvgIpc) is 2.67. The molecule has 0 spiro atoms. The van der Waals surface area contributed by atoms with Gasteiger partial charge in [0.15, 0.2) is 11.6 Å². The summed E-state index contributed by atoms with van der Waals surface area (Å²) in [4.78, 5) is 48.8. The maximum atomic E-state index is 12.6. The van der Waals surface area contributed by atoms with Gasteiger partial charge in [-0.1, -0.05) is 67.2 Å². The van der Waals surface area contributed by atoms with Crippen molar-refractivity contribution in [1.82, 2.24) is 0 Å². The Morgan fingerprint density at radius 3 is 1.41 bits per heavy atom. The number of Topliss-reactive ketones (excluding diaryl/α,β-unsaturated/α-hetero) is 2. The van der Waals surface area contributed by atoms with Gasteiger partial charge in [0.2, 0.25) is 0 Å². The van der Waals surface area contributed by atoms with Crippen LogP contribution < -0.4 is 0 Å². The molecule has 0 aliphatic rings. The molecule has 6 heteroatoms. The smallest absolute Gasteiger partial charge is 0.332 e. The molecule has 138 valence electrons. The number of ketones is 2. The van der Waals surface area contributed by atoms with Crippen molar-refractivity contribution in [3.8, 4) is 0 Å². The predicted octanol–water partition coefficient (Wildman–Crippen LogP) is 3.24. The minimum absolute atomic E-state index is 0.230. The van der Waals surface area contributed by atoms with Gasteiger partial charge in [0, 0.05) is 29.5 Å². The van der Waals surface area contributed by atoms with Crippen LogP contribution in [0.1, 0.15) is 33.6 Å². The fourth-order valence-electron chi connectivity index (χ4n) is 2.76. The lowest BCUT2D eigenvalue weighted by Gasteiger charge is -2.28. The molecule has 0 aliphatic heterocycles. The number of hydrogen-bond donors (Lipinski definition) is 2. The SMILES string of the molecule is C=C(C(=O)O)C(CC(=O)c1ccccc1)(CC(=O)c1ccccc1)C(=O)O. The lowest BCUT2D eigenvalue weighted by atomic mass is 9.71. The maximum absolute atomic E-state index is 12.6. The predicted molar refractivity (Wildman–Crippen MR) is 97.6 cm³/mol. The van der Waals surface area contributed by atoms with Crippen molar-refractivity contribution in [1.29, 1.82) is 0 Å². The van der Waals surface area contributed by atoms with Gasteiger partial charge in [-0.05, 0) is 0 Å². The average molecular weight is 366 g/mol. The molecule has 0 unspecified atom stereocenters. The maximum Gasteiger partial charge on any atom is 0.332 e. The molecule has 0 saturated heterocycles. The minimum Gasteiger partial charge on any atom is -0.481 e. The van der Waals surface area contributed by atoms with E-state index in [4.69, 9.17) is 0 Å². The summed E-state index contributed by atoms with van der Waals surface area (Å²) >= 11 is 0. The first-order chi connectivity index (χ1) is 12.8. The van der Waals surface area contributed by atoms with Gasteiger partial charge >= 0.3 is 11.9 Å². The molecule has 0 saturated carbocycles. The van der Waals surface area contributed by atoms with Gasteiger partial charge in [-0.3, -0.25) is 14.4 Å². The highest BCUT2D eigenvalue weighted by atomic mass is 16.4. The summed E-state index contributed by atoms with van der Waals surface area (Å²) in [5, 5.41) is 19.2. The van der Waals surface area contributed by atoms with E-state index in [9.17, 15) is 29.4 Å². The number of aliphatic carboxylic acids is 2. The van der Waals surface area contributed by atoms with Crippen LogP contribution in [0.15, 0.2) is 72.8 Å². The number of benzene rings is 2. The Kier molecular flexibility index (Phi) is 6.03. The van der Waals surface area contributed by atoms with E-state index in [-0.39, 0.29) is 11.1 Å². The van der Waals surface area contributed by atoms with E-state index in [1.807, 2.05) is 0 Å². The molecule has 0 atom stereocenters. The Morgan fingerprint density at radius 2 is 1.11 bits per heavy atom. The van der Waals surface area contributed by atoms with Crippen molar-refractivity contribution in [3.05, 3.63) is 83.9 Å². The van der Waals surface area contributed by atoms with Crippen LogP contribution in [-0.4, -0.2) is 33.7 Å². The highest BCUT2D eigenvalue weighted by molar-refractivity contribution is 6.07. The van der Waals surface area contributed by atoms with Crippen LogP contribution in [-0.2, 0) is 9.59 Å². The summed E-state index contributed by atoms with van der Waals surface area (Å²) < 4.78 is 0. The van der Waals surface area contributed by atoms with Crippen molar-refractivity contribution >= 4 is 23.5 Å². The number of hydrogen-bond acceptors (Lipinski definition) is 4. The number of carboxylic acid groups (broad SMARTS) is 2. The molecule has 2 N–H and O–H groups in total. The second-order valence-corrected chi connectivity index (χ2v) is 6.10. The Morgan fingerprint density at radius 1 is 0.741 bits per heavy atom. The van der Waals surface area contributed by atoms with E-state index >= 15 is 0 Å². The van der Waals surface area contributed by atoms with Gasteiger partial charge in [0.05, 0.1) is 0 Å². The van der Waals surface area contributed by atoms with Crippen molar-refractivity contribution < 1.29 is 29.4 Å². The Bertz CT molecular complexity index is 830. The van der Waals surface area contributed by atoms with E-state index in [1.54, 1.807) is 36.4 Å². The first kappa shape index (κ1) is 19.8. The first-order valence-electron chi connectivity index (χ1n) is 8.10. The minimum atomic E-state index is -2.24. The van der Waals surface area contributed by atoms with E-state index in [0.717, 1.165) is 0 Å². The topological polar surface area (TPSA) is 109 Å². The van der Waals surface area contributed by atoms with E-state index < -0.39 is 47.3 Å². The summed E-state index contributed by atoms with van der Waals surface area (Å²) in [6.07, 6.45) is -1.37. The highest BCUT2D eigenvalue weighted by Crippen LogP contribution is 2.38. The Labute approximate surface area is 155 Å². The zero-order chi connectivity index (χ0) is 20.0. The molecule has 0 amide bonds. The molecule has 0 radical (unpaired) electrons. The molecular weight excluding hydrogens is 348 g/mol. The molecule has 2 aromatic rings. The monoisotopic (exact) mass is 366 g/mol. The third-order valence-electron chi connectivity index (χ3n) is 4.36. The summed E-state index contributed by atoms with van der Waals surface area (Å²) in [5.74, 6) is -4.31. The van der Waals surface area contributed by atoms with Gasteiger partial charge < -0.3 is 10.2 Å². The quantitative estimate of drug-likeness (QED) is 0.521. The van der Waals surface area contributed by atoms with Crippen LogP contribution in [0, 0.1) is 5.41 Å². The van der Waals surface area contributed by atoms with Gasteiger partial charge in [-0.15, -0.1) is 0 Å². The van der Waals surface area contributed by atoms with Crippen molar-refractivity contribution in [2.24, 2.45) is 5.41 Å². The molecule has 27 heavy (non-hydrogen) atoms. The van der Waals surface area contributed by atoms with Crippen LogP contribution in [0.3, 0.4) is 0 Å². The van der Waals surface area contributed by atoms with Crippen LogP contribution in [0.2, 0.25) is 0 Å². The Hall–Kier alpha value is -3.54. The summed E-state index contributed by atoms with van der Waals surface area (Å²) in [5.41, 5.74) is -2.49. The summed E-state index contributed by atoms with van der Waals surface area (Å²) in [7, 11) is 0. The third kappa shape index (κ3) is 4.36. The molecule has 0 heterocycles. The lowest BCUT2D eigenvalue weighted by Crippen LogP contribution is -2.40. The second kappa shape index (κ2) is 8.23. The number of carboxylic acids is 2. The van der Waals surface area contributed by atoms with Gasteiger partial charge in [-0.2, -0.15) is 0 Å². The molecule has 0 bridgehead atoms. The molecule has 6 nitrogen and oxygen atoms in total. The summed E-state index contributed by atoms with van der Waals surface area (Å²) in [6, 6.07) is 15.8. The normalized spacial score (nSPS) is 10.8. The fraction of sp³-hybridized carbons (Fsp3) is 0.143. The van der Waals surface area contributed by atoms with Crippen molar-refractivity contribution in [3.63, 3.8) is 0 Å². The summed E-state index contributed by atoms with van der Waals surface area (Å²) in [6.45, 7) is 3.36. The van der Waals surface area contributed by atoms with Crippen molar-refractivity contribution in [2.45, 2.75) is 12.8 Å². The molecule has 0 aromatic heterocycles. The Balaban J connectivity index is 2.45. The van der Waals surface area contributed by atoms with E-state index in [0.29, 0.717) is 0 Å². The molecular formula is C21H18O6. The largest absolute Gasteiger partial charge is 0.481 e. The molecule has 0 fully saturated rings. The lowest BCUT2D eigenvalue weighted by molar-refractivity contribution is -0.149. The molecule has 2 aromatic carbocycles. The zero-order valence-corrected chi connectivity index (χ0v) is 14.4. The van der Waals surface area contributed by atoms with Crippen LogP contribution in [0.5, 0.6) is 0 Å². The first-order valence-corrected chi connectivity index (χ1v) is 8.10. The van der Waals surface area contributed by atoms with Crippen LogP contribution in [0.25, 0.3) is 0 Å². The fourth-order valence-corrected chi connectivity index (χ4v) is 2.76. The van der Waals surface area contributed by atoms with Gasteiger partial charge in [-0.25, -0.2) is 4.79 Å². The van der Waals surface area contributed by atoms with Crippen LogP contribution >= 0.6 is 0 Å². The number of carbonyl (C=O) groups is 4. The van der Waals surface area contributed by atoms with Gasteiger partial charge in [0.25, 0.3) is 0 Å². The highest BCUT2D eigenvalue weighted by Gasteiger charge is 2.47. The third-order valence-corrected chi connectivity index (χ3v) is 4.36. The van der Waals surface area contributed by atoms with Crippen LogP contribution in [0.4, 0.5) is 0 Å². The second-order valence-electron chi connectivity index (χ2n) is 6.10. The molecule has 0 aliphatic carbocycles.